The molecule has 3 aromatic rings. The Bertz CT molecular complexity index is 1020. The van der Waals surface area contributed by atoms with Crippen LogP contribution < -0.4 is 5.32 Å². The van der Waals surface area contributed by atoms with E-state index in [4.69, 9.17) is 16.6 Å². The molecule has 1 aliphatic heterocycles. The van der Waals surface area contributed by atoms with Gasteiger partial charge in [0.05, 0.1) is 17.1 Å². The first-order valence-electron chi connectivity index (χ1n) is 10.2. The molecule has 2 heterocycles. The lowest BCUT2D eigenvalue weighted by molar-refractivity contribution is -0.121. The van der Waals surface area contributed by atoms with Gasteiger partial charge in [-0.1, -0.05) is 29.8 Å². The zero-order valence-corrected chi connectivity index (χ0v) is 17.9. The number of nitrogens with zero attached hydrogens (tertiary/aromatic N) is 2. The second-order valence-electron chi connectivity index (χ2n) is 8.03. The number of nitrogens with one attached hydrogen (secondary N) is 2. The summed E-state index contributed by atoms with van der Waals surface area (Å²) in [5.41, 5.74) is 5.05. The number of carbonyl (C=O) groups excluding carboxylic acids is 1. The molecule has 0 unspecified atom stereocenters. The fourth-order valence-corrected chi connectivity index (χ4v) is 4.33. The molecule has 29 heavy (non-hydrogen) atoms. The van der Waals surface area contributed by atoms with Gasteiger partial charge in [0.25, 0.3) is 0 Å². The molecule has 1 aromatic heterocycles. The zero-order valence-electron chi connectivity index (χ0n) is 17.1. The van der Waals surface area contributed by atoms with Crippen LogP contribution in [0.5, 0.6) is 0 Å². The van der Waals surface area contributed by atoms with E-state index in [1.807, 2.05) is 57.2 Å². The average Bonchev–Trinajstić information content (AvgIpc) is 3.13. The number of amides is 1. The number of para-hydroxylation sites is 1. The van der Waals surface area contributed by atoms with Gasteiger partial charge in [0.15, 0.2) is 0 Å². The fraction of sp³-hybridized carbons (Fsp3) is 0.391. The molecule has 0 aliphatic carbocycles. The smallest absolute Gasteiger partial charge is 0.241 e. The lowest BCUT2D eigenvalue weighted by atomic mass is 9.95. The van der Waals surface area contributed by atoms with Crippen molar-refractivity contribution in [2.45, 2.75) is 45.6 Å². The maximum Gasteiger partial charge on any atom is 0.241 e. The number of imidazole rings is 1. The van der Waals surface area contributed by atoms with Crippen LogP contribution in [0, 0.1) is 13.8 Å². The number of anilines is 1. The molecule has 1 aliphatic rings. The minimum atomic E-state index is -0.163. The molecule has 2 aromatic carbocycles. The van der Waals surface area contributed by atoms with Crippen molar-refractivity contribution in [1.82, 2.24) is 14.9 Å². The Morgan fingerprint density at radius 3 is 2.59 bits per heavy atom. The van der Waals surface area contributed by atoms with Crippen LogP contribution >= 0.6 is 11.6 Å². The molecule has 6 heteroatoms. The number of aromatic amines is 1. The Hall–Kier alpha value is -2.37. The van der Waals surface area contributed by atoms with Crippen LogP contribution in [0.3, 0.4) is 0 Å². The number of fused-ring (bicyclic) bond motifs is 1. The maximum absolute atomic E-state index is 12.8. The molecule has 4 rings (SSSR count). The summed E-state index contributed by atoms with van der Waals surface area (Å²) in [6, 6.07) is 11.6. The molecular formula is C23H27ClN4O. The third-order valence-corrected chi connectivity index (χ3v) is 6.27. The van der Waals surface area contributed by atoms with Gasteiger partial charge >= 0.3 is 0 Å². The highest BCUT2D eigenvalue weighted by molar-refractivity contribution is 6.31. The van der Waals surface area contributed by atoms with Crippen LogP contribution in [-0.4, -0.2) is 39.9 Å². The number of piperidine rings is 1. The predicted octanol–water partition coefficient (Wildman–Crippen LogP) is 5.04. The largest absolute Gasteiger partial charge is 0.342 e. The molecule has 5 nitrogen and oxygen atoms in total. The number of carbonyl (C=O) groups is 1. The summed E-state index contributed by atoms with van der Waals surface area (Å²) in [6.45, 7) is 7.80. The van der Waals surface area contributed by atoms with Crippen LogP contribution in [-0.2, 0) is 4.79 Å². The van der Waals surface area contributed by atoms with Crippen molar-refractivity contribution in [3.63, 3.8) is 0 Å². The van der Waals surface area contributed by atoms with E-state index in [-0.39, 0.29) is 11.9 Å². The molecule has 2 N–H and O–H groups in total. The first kappa shape index (κ1) is 19.9. The molecule has 1 atom stereocenters. The lowest BCUT2D eigenvalue weighted by Crippen LogP contribution is -2.46. The first-order chi connectivity index (χ1) is 13.9. The molecule has 1 saturated heterocycles. The summed E-state index contributed by atoms with van der Waals surface area (Å²) in [7, 11) is 0. The van der Waals surface area contributed by atoms with Gasteiger partial charge in [-0.25, -0.2) is 4.98 Å². The van der Waals surface area contributed by atoms with Gasteiger partial charge in [0.1, 0.15) is 5.82 Å². The van der Waals surface area contributed by atoms with Crippen molar-refractivity contribution in [3.8, 4) is 0 Å². The van der Waals surface area contributed by atoms with Gasteiger partial charge in [0.2, 0.25) is 5.91 Å². The standard InChI is InChI=1S/C23H27ClN4O/c1-14-5-4-6-15(2)21(14)27-23(29)16(3)28-11-9-17(10-12-28)22-25-19-8-7-18(24)13-20(19)26-22/h4-8,13,16-17H,9-12H2,1-3H3,(H,25,26)(H,27,29)/t16-/m1/s1. The summed E-state index contributed by atoms with van der Waals surface area (Å²) in [5, 5.41) is 3.84. The predicted molar refractivity (Wildman–Crippen MR) is 119 cm³/mol. The van der Waals surface area contributed by atoms with Crippen LogP contribution in [0.1, 0.15) is 42.6 Å². The highest BCUT2D eigenvalue weighted by Crippen LogP contribution is 2.29. The van der Waals surface area contributed by atoms with Crippen molar-refractivity contribution in [1.29, 1.82) is 0 Å². The quantitative estimate of drug-likeness (QED) is 0.633. The molecule has 0 bridgehead atoms. The molecule has 0 radical (unpaired) electrons. The SMILES string of the molecule is Cc1cccc(C)c1NC(=O)[C@@H](C)N1CCC(c2nc3ccc(Cl)cc3[nH]2)CC1. The minimum Gasteiger partial charge on any atom is -0.342 e. The number of aromatic nitrogens is 2. The average molecular weight is 411 g/mol. The van der Waals surface area contributed by atoms with Crippen LogP contribution in [0.25, 0.3) is 11.0 Å². The molecule has 1 amide bonds. The molecule has 0 spiro atoms. The van der Waals surface area contributed by atoms with Crippen molar-refractivity contribution >= 4 is 34.2 Å². The molecular weight excluding hydrogens is 384 g/mol. The maximum atomic E-state index is 12.8. The summed E-state index contributed by atoms with van der Waals surface area (Å²) in [5.74, 6) is 1.46. The molecule has 1 fully saturated rings. The highest BCUT2D eigenvalue weighted by Gasteiger charge is 2.29. The Morgan fingerprint density at radius 1 is 1.21 bits per heavy atom. The van der Waals surface area contributed by atoms with Gasteiger partial charge in [-0.3, -0.25) is 9.69 Å². The number of benzene rings is 2. The second-order valence-corrected chi connectivity index (χ2v) is 8.46. The normalized spacial score (nSPS) is 16.8. The lowest BCUT2D eigenvalue weighted by Gasteiger charge is -2.34. The van der Waals surface area contributed by atoms with E-state index in [1.54, 1.807) is 0 Å². The van der Waals surface area contributed by atoms with Gasteiger partial charge in [-0.2, -0.15) is 0 Å². The second kappa shape index (κ2) is 8.17. The summed E-state index contributed by atoms with van der Waals surface area (Å²) < 4.78 is 0. The topological polar surface area (TPSA) is 61.0 Å². The van der Waals surface area contributed by atoms with Crippen LogP contribution in [0.2, 0.25) is 5.02 Å². The number of likely N-dealkylation sites (tertiary alicyclic amines) is 1. The number of rotatable bonds is 4. The monoisotopic (exact) mass is 410 g/mol. The summed E-state index contributed by atoms with van der Waals surface area (Å²) in [6.07, 6.45) is 1.96. The van der Waals surface area contributed by atoms with Gasteiger partial charge in [0, 0.05) is 16.6 Å². The van der Waals surface area contributed by atoms with Crippen molar-refractivity contribution < 1.29 is 4.79 Å². The van der Waals surface area contributed by atoms with E-state index in [2.05, 4.69) is 15.2 Å². The zero-order chi connectivity index (χ0) is 20.5. The molecule has 152 valence electrons. The van der Waals surface area contributed by atoms with E-state index in [9.17, 15) is 4.79 Å². The third-order valence-electron chi connectivity index (χ3n) is 6.03. The van der Waals surface area contributed by atoms with E-state index in [0.717, 1.165) is 59.6 Å². The number of hydrogen-bond donors (Lipinski definition) is 2. The Balaban J connectivity index is 1.38. The van der Waals surface area contributed by atoms with E-state index in [0.29, 0.717) is 10.9 Å². The van der Waals surface area contributed by atoms with Crippen molar-refractivity contribution in [3.05, 3.63) is 58.4 Å². The third kappa shape index (κ3) is 4.16. The minimum absolute atomic E-state index is 0.0548. The number of H-pyrrole nitrogens is 1. The van der Waals surface area contributed by atoms with E-state index in [1.165, 1.54) is 0 Å². The Kier molecular flexibility index (Phi) is 5.61. The number of aryl methyl sites for hydroxylation is 2. The Morgan fingerprint density at radius 2 is 1.90 bits per heavy atom. The van der Waals surface area contributed by atoms with E-state index >= 15 is 0 Å². The molecule has 0 saturated carbocycles. The van der Waals surface area contributed by atoms with Gasteiger partial charge < -0.3 is 10.3 Å². The van der Waals surface area contributed by atoms with E-state index < -0.39 is 0 Å². The van der Waals surface area contributed by atoms with Gasteiger partial charge in [-0.15, -0.1) is 0 Å². The highest BCUT2D eigenvalue weighted by atomic mass is 35.5. The van der Waals surface area contributed by atoms with Crippen molar-refractivity contribution in [2.75, 3.05) is 18.4 Å². The summed E-state index contributed by atoms with van der Waals surface area (Å²) in [4.78, 5) is 23.3. The summed E-state index contributed by atoms with van der Waals surface area (Å²) >= 11 is 6.08. The number of halogens is 1. The van der Waals surface area contributed by atoms with Crippen molar-refractivity contribution in [2.24, 2.45) is 0 Å². The fourth-order valence-electron chi connectivity index (χ4n) is 4.16. The van der Waals surface area contributed by atoms with Gasteiger partial charge in [-0.05, 0) is 76.0 Å². The number of hydrogen-bond acceptors (Lipinski definition) is 3. The van der Waals surface area contributed by atoms with Crippen LogP contribution in [0.4, 0.5) is 5.69 Å². The Labute approximate surface area is 176 Å². The first-order valence-corrected chi connectivity index (χ1v) is 10.6. The van der Waals surface area contributed by atoms with Crippen LogP contribution in [0.15, 0.2) is 36.4 Å².